The van der Waals surface area contributed by atoms with Crippen molar-refractivity contribution < 1.29 is 59.4 Å². The van der Waals surface area contributed by atoms with Crippen molar-refractivity contribution in [3.8, 4) is 0 Å². The number of hydrogen-bond acceptors (Lipinski definition) is 13. The number of aliphatic hydroxyl groups is 7. The lowest BCUT2D eigenvalue weighted by Crippen LogP contribution is -2.68. The Hall–Kier alpha value is -0.520. The topological polar surface area (TPSA) is 214 Å². The van der Waals surface area contributed by atoms with Gasteiger partial charge in [0.2, 0.25) is 0 Å². The van der Waals surface area contributed by atoms with Crippen LogP contribution >= 0.6 is 0 Å². The summed E-state index contributed by atoms with van der Waals surface area (Å²) in [6, 6.07) is -0.959. The molecule has 3 aliphatic heterocycles. The van der Waals surface area contributed by atoms with E-state index >= 15 is 0 Å². The zero-order chi connectivity index (χ0) is 25.5. The Morgan fingerprint density at radius 1 is 0.824 bits per heavy atom. The highest BCUT2D eigenvalue weighted by molar-refractivity contribution is 5.00. The summed E-state index contributed by atoms with van der Waals surface area (Å²) >= 11 is 0. The molecule has 3 rings (SSSR count). The van der Waals surface area contributed by atoms with Gasteiger partial charge in [-0.2, -0.15) is 0 Å². The lowest BCUT2D eigenvalue weighted by molar-refractivity contribution is -0.361. The van der Waals surface area contributed by atoms with Crippen molar-refractivity contribution in [1.29, 1.82) is 0 Å². The molecule has 13 nitrogen and oxygen atoms in total. The molecule has 0 radical (unpaired) electrons. The van der Waals surface area contributed by atoms with Crippen molar-refractivity contribution in [2.45, 2.75) is 113 Å². The predicted molar refractivity (Wildman–Crippen MR) is 113 cm³/mol. The number of aliphatic hydroxyl groups excluding tert-OH is 7. The monoisotopic (exact) mass is 497 g/mol. The zero-order valence-corrected chi connectivity index (χ0v) is 19.7. The molecule has 0 aliphatic carbocycles. The number of hydrogen-bond donors (Lipinski definition) is 8. The van der Waals surface area contributed by atoms with Gasteiger partial charge in [-0.05, 0) is 12.3 Å². The third-order valence-corrected chi connectivity index (χ3v) is 6.63. The fraction of sp³-hybridized carbons (Fsp3) is 1.00. The molecule has 3 heterocycles. The molecule has 200 valence electrons. The number of nitrogens with two attached hydrogens (primary N) is 1. The standard InChI is InChI=1S/C21H39NO12/c1-7-16(33-19-14(28)11(25)8(24)6-30-19)13(27)15(29)20(31-7)34-17-12(26)10(22)9(5-23)32-18(17)21(2,3)4/h7-20,23-29H,5-6,22H2,1-4H3/t7?,8-,9?,10+,11?,12?,13?,14?,15?,16+,17?,18-,19+,20+/m1/s1. The van der Waals surface area contributed by atoms with Crippen LogP contribution in [0.15, 0.2) is 0 Å². The average molecular weight is 498 g/mol. The highest BCUT2D eigenvalue weighted by Gasteiger charge is 2.53. The minimum Gasteiger partial charge on any atom is -0.394 e. The van der Waals surface area contributed by atoms with Crippen LogP contribution in [-0.4, -0.2) is 135 Å². The van der Waals surface area contributed by atoms with Crippen molar-refractivity contribution in [2.24, 2.45) is 11.1 Å². The molecule has 3 aliphatic rings. The Bertz CT molecular complexity index is 664. The fourth-order valence-electron chi connectivity index (χ4n) is 4.50. The van der Waals surface area contributed by atoms with E-state index in [0.29, 0.717) is 0 Å². The molecule has 9 N–H and O–H groups in total. The first kappa shape index (κ1) is 28.1. The van der Waals surface area contributed by atoms with Crippen molar-refractivity contribution in [3.05, 3.63) is 0 Å². The van der Waals surface area contributed by atoms with Gasteiger partial charge in [0.25, 0.3) is 0 Å². The van der Waals surface area contributed by atoms with E-state index in [9.17, 15) is 35.7 Å². The van der Waals surface area contributed by atoms with Gasteiger partial charge in [0.15, 0.2) is 12.6 Å². The second-order valence-corrected chi connectivity index (χ2v) is 10.4. The Balaban J connectivity index is 1.71. The molecule has 0 spiro atoms. The minimum absolute atomic E-state index is 0.294. The van der Waals surface area contributed by atoms with E-state index in [1.807, 2.05) is 20.8 Å². The zero-order valence-electron chi connectivity index (χ0n) is 19.7. The third-order valence-electron chi connectivity index (χ3n) is 6.63. The molecule has 0 amide bonds. The molecule has 3 saturated heterocycles. The maximum absolute atomic E-state index is 10.8. The van der Waals surface area contributed by atoms with Gasteiger partial charge in [-0.15, -0.1) is 0 Å². The SMILES string of the molecule is CC1O[C@@H](OC2C(O)[C@@H](N)C(CO)O[C@H]2C(C)(C)C)C(O)C(O)[C@H]1O[C@@H]1OC[C@@H](O)C(O)C1O. The molecule has 14 atom stereocenters. The molecule has 3 fully saturated rings. The Morgan fingerprint density at radius 2 is 1.41 bits per heavy atom. The van der Waals surface area contributed by atoms with Gasteiger partial charge in [0.05, 0.1) is 37.6 Å². The first-order valence-corrected chi connectivity index (χ1v) is 11.5. The summed E-state index contributed by atoms with van der Waals surface area (Å²) in [5.41, 5.74) is 5.47. The number of ether oxygens (including phenoxy) is 5. The van der Waals surface area contributed by atoms with E-state index in [0.717, 1.165) is 0 Å². The smallest absolute Gasteiger partial charge is 0.187 e. The first-order valence-electron chi connectivity index (χ1n) is 11.5. The van der Waals surface area contributed by atoms with Crippen LogP contribution in [0.2, 0.25) is 0 Å². The normalized spacial score (nSPS) is 50.8. The Kier molecular flexibility index (Phi) is 8.95. The Labute approximate surface area is 197 Å². The van der Waals surface area contributed by atoms with Crippen LogP contribution in [0.1, 0.15) is 27.7 Å². The van der Waals surface area contributed by atoms with Crippen LogP contribution in [0.25, 0.3) is 0 Å². The summed E-state index contributed by atoms with van der Waals surface area (Å²) in [4.78, 5) is 0. The molecule has 8 unspecified atom stereocenters. The molecule has 0 aromatic carbocycles. The lowest BCUT2D eigenvalue weighted by atomic mass is 9.79. The van der Waals surface area contributed by atoms with Crippen molar-refractivity contribution in [2.75, 3.05) is 13.2 Å². The second-order valence-electron chi connectivity index (χ2n) is 10.4. The predicted octanol–water partition coefficient (Wildman–Crippen LogP) is -3.84. The van der Waals surface area contributed by atoms with Gasteiger partial charge >= 0.3 is 0 Å². The minimum atomic E-state index is -1.63. The van der Waals surface area contributed by atoms with Crippen LogP contribution in [0.4, 0.5) is 0 Å². The van der Waals surface area contributed by atoms with Crippen molar-refractivity contribution >= 4 is 0 Å². The molecule has 0 aromatic rings. The van der Waals surface area contributed by atoms with E-state index in [1.165, 1.54) is 0 Å². The van der Waals surface area contributed by atoms with E-state index in [4.69, 9.17) is 29.4 Å². The Morgan fingerprint density at radius 3 is 2.00 bits per heavy atom. The van der Waals surface area contributed by atoms with Crippen LogP contribution in [0, 0.1) is 5.41 Å². The summed E-state index contributed by atoms with van der Waals surface area (Å²) in [7, 11) is 0. The summed E-state index contributed by atoms with van der Waals surface area (Å²) in [6.07, 6.45) is -16.2. The van der Waals surface area contributed by atoms with Crippen molar-refractivity contribution in [1.82, 2.24) is 0 Å². The highest BCUT2D eigenvalue weighted by atomic mass is 16.7. The molecular formula is C21H39NO12. The van der Waals surface area contributed by atoms with E-state index < -0.39 is 97.8 Å². The molecule has 34 heavy (non-hydrogen) atoms. The number of rotatable bonds is 5. The van der Waals surface area contributed by atoms with Crippen LogP contribution in [-0.2, 0) is 23.7 Å². The summed E-state index contributed by atoms with van der Waals surface area (Å²) < 4.78 is 28.4. The first-order chi connectivity index (χ1) is 15.8. The van der Waals surface area contributed by atoms with Gasteiger partial charge in [-0.3, -0.25) is 0 Å². The van der Waals surface area contributed by atoms with Crippen LogP contribution < -0.4 is 5.73 Å². The molecule has 0 bridgehead atoms. The summed E-state index contributed by atoms with van der Waals surface area (Å²) in [5, 5.41) is 71.4. The largest absolute Gasteiger partial charge is 0.394 e. The van der Waals surface area contributed by atoms with Crippen LogP contribution in [0.5, 0.6) is 0 Å². The third kappa shape index (κ3) is 5.57. The second kappa shape index (κ2) is 10.8. The quantitative estimate of drug-likeness (QED) is 0.183. The fourth-order valence-corrected chi connectivity index (χ4v) is 4.50. The molecule has 0 saturated carbocycles. The summed E-state index contributed by atoms with van der Waals surface area (Å²) in [6.45, 7) is 6.41. The van der Waals surface area contributed by atoms with E-state index in [1.54, 1.807) is 6.92 Å². The summed E-state index contributed by atoms with van der Waals surface area (Å²) in [5.74, 6) is 0. The molecule has 13 heteroatoms. The van der Waals surface area contributed by atoms with E-state index in [2.05, 4.69) is 0 Å². The van der Waals surface area contributed by atoms with Gasteiger partial charge < -0.3 is 65.2 Å². The van der Waals surface area contributed by atoms with Crippen molar-refractivity contribution in [3.63, 3.8) is 0 Å². The maximum Gasteiger partial charge on any atom is 0.187 e. The van der Waals surface area contributed by atoms with Gasteiger partial charge in [0.1, 0.15) is 48.8 Å². The van der Waals surface area contributed by atoms with Gasteiger partial charge in [-0.25, -0.2) is 0 Å². The average Bonchev–Trinajstić information content (AvgIpc) is 2.77. The van der Waals surface area contributed by atoms with E-state index in [-0.39, 0.29) is 6.61 Å². The molecule has 0 aromatic heterocycles. The highest BCUT2D eigenvalue weighted by Crippen LogP contribution is 2.36. The van der Waals surface area contributed by atoms with Crippen LogP contribution in [0.3, 0.4) is 0 Å². The van der Waals surface area contributed by atoms with Gasteiger partial charge in [0, 0.05) is 0 Å². The van der Waals surface area contributed by atoms with Gasteiger partial charge in [-0.1, -0.05) is 20.8 Å². The maximum atomic E-state index is 10.8. The lowest BCUT2D eigenvalue weighted by Gasteiger charge is -2.50. The molecular weight excluding hydrogens is 458 g/mol.